The van der Waals surface area contributed by atoms with Gasteiger partial charge < -0.3 is 19.1 Å². The molecule has 9 nitrogen and oxygen atoms in total. The van der Waals surface area contributed by atoms with Crippen LogP contribution in [0.5, 0.6) is 5.75 Å². The minimum Gasteiger partial charge on any atom is -0.451 e. The fourth-order valence-electron chi connectivity index (χ4n) is 6.04. The number of hydrogen-bond donors (Lipinski definition) is 0. The second-order valence-corrected chi connectivity index (χ2v) is 12.5. The molecular formula is C32H32FN3O6S. The van der Waals surface area contributed by atoms with Crippen LogP contribution >= 0.6 is 11.8 Å². The number of thioether (sulfide) groups is 1. The van der Waals surface area contributed by atoms with Gasteiger partial charge in [-0.05, 0) is 41.5 Å². The van der Waals surface area contributed by atoms with Crippen molar-refractivity contribution >= 4 is 23.8 Å². The summed E-state index contributed by atoms with van der Waals surface area (Å²) in [5.74, 6) is -0.606. The molecule has 0 saturated carbocycles. The molecule has 1 aromatic heterocycles. The lowest BCUT2D eigenvalue weighted by molar-refractivity contribution is 0.0117. The van der Waals surface area contributed by atoms with Crippen LogP contribution in [0, 0.1) is 11.2 Å². The monoisotopic (exact) mass is 605 g/mol. The Bertz CT molecular complexity index is 1670. The number of aromatic nitrogens is 1. The van der Waals surface area contributed by atoms with Gasteiger partial charge in [-0.3, -0.25) is 19.3 Å². The number of allylic oxidation sites excluding steroid dienone is 1. The number of nitrogens with zero attached hydrogens (tertiary/aromatic N) is 3. The molecule has 6 rings (SSSR count). The van der Waals surface area contributed by atoms with Crippen LogP contribution in [0.3, 0.4) is 0 Å². The third-order valence-electron chi connectivity index (χ3n) is 8.25. The number of carbonyl (C=O) groups excluding carboxylic acids is 2. The number of benzene rings is 2. The minimum atomic E-state index is -0.978. The Morgan fingerprint density at radius 1 is 1.14 bits per heavy atom. The molecule has 3 aromatic rings. The van der Waals surface area contributed by atoms with E-state index in [1.165, 1.54) is 18.3 Å². The molecule has 0 spiro atoms. The zero-order valence-electron chi connectivity index (χ0n) is 24.1. The number of rotatable bonds is 5. The molecule has 3 aliphatic rings. The zero-order chi connectivity index (χ0) is 30.3. The van der Waals surface area contributed by atoms with Crippen molar-refractivity contribution in [2.24, 2.45) is 5.41 Å². The highest BCUT2D eigenvalue weighted by molar-refractivity contribution is 7.98. The molecule has 2 aromatic carbocycles. The molecule has 224 valence electrons. The normalized spacial score (nSPS) is 20.4. The van der Waals surface area contributed by atoms with E-state index >= 15 is 4.39 Å². The van der Waals surface area contributed by atoms with Gasteiger partial charge in [0.15, 0.2) is 5.69 Å². The summed E-state index contributed by atoms with van der Waals surface area (Å²) in [5.41, 5.74) is 1.97. The molecule has 4 heterocycles. The highest BCUT2D eigenvalue weighted by Crippen LogP contribution is 2.43. The van der Waals surface area contributed by atoms with Gasteiger partial charge in [0.25, 0.3) is 5.91 Å². The Morgan fingerprint density at radius 3 is 2.77 bits per heavy atom. The van der Waals surface area contributed by atoms with E-state index in [1.807, 2.05) is 41.6 Å². The molecule has 1 saturated heterocycles. The van der Waals surface area contributed by atoms with E-state index < -0.39 is 24.3 Å². The fraction of sp³-hybridized carbons (Fsp3) is 0.344. The summed E-state index contributed by atoms with van der Waals surface area (Å²) in [4.78, 5) is 41.1. The maximum absolute atomic E-state index is 15.5. The lowest BCUT2D eigenvalue weighted by Gasteiger charge is -2.51. The van der Waals surface area contributed by atoms with Crippen molar-refractivity contribution in [3.63, 3.8) is 0 Å². The van der Waals surface area contributed by atoms with Gasteiger partial charge in [0.05, 0.1) is 7.11 Å². The van der Waals surface area contributed by atoms with Crippen molar-refractivity contribution < 1.29 is 28.2 Å². The van der Waals surface area contributed by atoms with Crippen molar-refractivity contribution in [3.05, 3.63) is 105 Å². The van der Waals surface area contributed by atoms with E-state index in [9.17, 15) is 14.4 Å². The smallest absolute Gasteiger partial charge is 0.451 e. The van der Waals surface area contributed by atoms with Crippen molar-refractivity contribution in [2.75, 3.05) is 25.5 Å². The molecule has 1 fully saturated rings. The summed E-state index contributed by atoms with van der Waals surface area (Å²) in [6, 6.07) is 14.5. The predicted octanol–water partition coefficient (Wildman–Crippen LogP) is 5.60. The van der Waals surface area contributed by atoms with Crippen LogP contribution in [-0.2, 0) is 15.2 Å². The second-order valence-electron chi connectivity index (χ2n) is 11.5. The number of hydrogen-bond acceptors (Lipinski definition) is 8. The topological polar surface area (TPSA) is 90.3 Å². The zero-order valence-corrected chi connectivity index (χ0v) is 24.9. The Balaban J connectivity index is 1.47. The molecule has 0 radical (unpaired) electrons. The summed E-state index contributed by atoms with van der Waals surface area (Å²) in [5, 5.41) is 1.91. The van der Waals surface area contributed by atoms with E-state index in [4.69, 9.17) is 9.47 Å². The van der Waals surface area contributed by atoms with Gasteiger partial charge in [0.2, 0.25) is 18.0 Å². The van der Waals surface area contributed by atoms with E-state index in [0.29, 0.717) is 24.3 Å². The van der Waals surface area contributed by atoms with Gasteiger partial charge in [-0.1, -0.05) is 50.3 Å². The Labute approximate surface area is 252 Å². The second kappa shape index (κ2) is 11.4. The molecular weight excluding hydrogens is 573 g/mol. The van der Waals surface area contributed by atoms with Crippen molar-refractivity contribution in [1.29, 1.82) is 0 Å². The molecule has 0 bridgehead atoms. The van der Waals surface area contributed by atoms with Crippen LogP contribution in [0.25, 0.3) is 0 Å². The summed E-state index contributed by atoms with van der Waals surface area (Å²) in [6.07, 6.45) is 5.48. The first-order valence-corrected chi connectivity index (χ1v) is 15.0. The van der Waals surface area contributed by atoms with Crippen molar-refractivity contribution in [1.82, 2.24) is 9.58 Å². The Hall–Kier alpha value is -4.25. The van der Waals surface area contributed by atoms with Crippen molar-refractivity contribution in [3.8, 4) is 5.75 Å². The average molecular weight is 606 g/mol. The van der Waals surface area contributed by atoms with Crippen LogP contribution in [-0.4, -0.2) is 48.3 Å². The molecule has 11 heteroatoms. The molecule has 43 heavy (non-hydrogen) atoms. The lowest BCUT2D eigenvalue weighted by Crippen LogP contribution is -2.63. The Morgan fingerprint density at radius 2 is 1.95 bits per heavy atom. The number of piperidine rings is 1. The molecule has 2 atom stereocenters. The number of ether oxygens (including phenoxy) is 3. The SMILES string of the molecule is COC(=O)OCOc1c2n(ccc1=O)N(/C=C/[C@@H]1c3ccccc3SCc3cccc(F)c31)[C@@H]1CC(C)(C)CCN1C2=O. The predicted molar refractivity (Wildman–Crippen MR) is 159 cm³/mol. The summed E-state index contributed by atoms with van der Waals surface area (Å²) in [6.45, 7) is 4.20. The van der Waals surface area contributed by atoms with Crippen LogP contribution in [0.1, 0.15) is 59.8 Å². The molecule has 0 unspecified atom stereocenters. The number of methoxy groups -OCH3 is 1. The van der Waals surface area contributed by atoms with E-state index in [2.05, 4.69) is 24.7 Å². The first-order valence-electron chi connectivity index (χ1n) is 14.0. The third kappa shape index (κ3) is 5.37. The van der Waals surface area contributed by atoms with Gasteiger partial charge >= 0.3 is 6.16 Å². The maximum Gasteiger partial charge on any atom is 0.510 e. The first kappa shape index (κ1) is 28.9. The average Bonchev–Trinajstić information content (AvgIpc) is 3.15. The van der Waals surface area contributed by atoms with E-state index in [1.54, 1.807) is 27.4 Å². The quantitative estimate of drug-likeness (QED) is 0.274. The molecule has 0 aliphatic carbocycles. The number of fused-ring (bicyclic) bond motifs is 4. The molecule has 3 aliphatic heterocycles. The summed E-state index contributed by atoms with van der Waals surface area (Å²) < 4.78 is 32.0. The van der Waals surface area contributed by atoms with Gasteiger partial charge in [-0.15, -0.1) is 11.8 Å². The van der Waals surface area contributed by atoms with Crippen LogP contribution in [0.4, 0.5) is 9.18 Å². The number of halogens is 1. The van der Waals surface area contributed by atoms with Crippen LogP contribution in [0.2, 0.25) is 0 Å². The third-order valence-corrected chi connectivity index (χ3v) is 9.38. The lowest BCUT2D eigenvalue weighted by atomic mass is 9.80. The molecule has 1 amide bonds. The summed E-state index contributed by atoms with van der Waals surface area (Å²) >= 11 is 1.68. The van der Waals surface area contributed by atoms with Gasteiger partial charge in [-0.25, -0.2) is 9.18 Å². The first-order chi connectivity index (χ1) is 20.7. The van der Waals surface area contributed by atoms with Crippen molar-refractivity contribution in [2.45, 2.75) is 49.4 Å². The highest BCUT2D eigenvalue weighted by Gasteiger charge is 2.45. The molecule has 0 N–H and O–H groups in total. The van der Waals surface area contributed by atoms with E-state index in [0.717, 1.165) is 29.6 Å². The largest absolute Gasteiger partial charge is 0.510 e. The number of amides is 1. The highest BCUT2D eigenvalue weighted by atomic mass is 32.2. The van der Waals surface area contributed by atoms with Gasteiger partial charge in [-0.2, -0.15) is 0 Å². The fourth-order valence-corrected chi connectivity index (χ4v) is 7.14. The maximum atomic E-state index is 15.5. The van der Waals surface area contributed by atoms with E-state index in [-0.39, 0.29) is 34.7 Å². The van der Waals surface area contributed by atoms with Gasteiger partial charge in [0, 0.05) is 47.1 Å². The number of pyridine rings is 1. The minimum absolute atomic E-state index is 0.0185. The summed E-state index contributed by atoms with van der Waals surface area (Å²) in [7, 11) is 1.16. The van der Waals surface area contributed by atoms with Crippen LogP contribution in [0.15, 0.2) is 76.7 Å². The standard InChI is InChI=1S/C32H32FN3O6S/c1-32(2)13-16-34-26(17-32)35(36-15-12-24(37)29(28(36)30(34)38)41-19-42-31(39)40-3)14-11-22-21-8-4-5-10-25(21)43-18-20-7-6-9-23(33)27(20)22/h4-12,14-15,22,26H,13,16-19H2,1-3H3/b14-11+/t22-,26-/m1/s1. The number of carbonyl (C=O) groups is 2. The Kier molecular flexibility index (Phi) is 7.68. The van der Waals surface area contributed by atoms with Gasteiger partial charge in [0.1, 0.15) is 12.0 Å². The van der Waals surface area contributed by atoms with Crippen LogP contribution < -0.4 is 15.2 Å².